The number of fused-ring (bicyclic) bond motifs is 7. The van der Waals surface area contributed by atoms with Crippen molar-refractivity contribution in [2.24, 2.45) is 0 Å². The third-order valence-corrected chi connectivity index (χ3v) is 15.4. The van der Waals surface area contributed by atoms with E-state index in [9.17, 15) is 0 Å². The van der Waals surface area contributed by atoms with Crippen LogP contribution in [0.25, 0.3) is 91.7 Å². The van der Waals surface area contributed by atoms with Gasteiger partial charge in [0.25, 0.3) is 0 Å². The third-order valence-electron chi connectivity index (χ3n) is 8.41. The zero-order valence-corrected chi connectivity index (χ0v) is 29.0. The van der Waals surface area contributed by atoms with Crippen LogP contribution in [0.3, 0.4) is 0 Å². The number of thiophene rings is 4. The molecule has 2 nitrogen and oxygen atoms in total. The molecule has 10 aromatic rings. The van der Waals surface area contributed by atoms with Crippen molar-refractivity contribution in [3.05, 3.63) is 81.5 Å². The summed E-state index contributed by atoms with van der Waals surface area (Å²) in [4.78, 5) is 18.6. The van der Waals surface area contributed by atoms with E-state index >= 15 is 0 Å². The van der Waals surface area contributed by atoms with Crippen LogP contribution in [-0.2, 0) is 0 Å². The fourth-order valence-electron chi connectivity index (χ4n) is 6.64. The molecule has 0 aliphatic heterocycles. The Bertz CT molecular complexity index is 2630. The second-order valence-corrected chi connectivity index (χ2v) is 18.4. The summed E-state index contributed by atoms with van der Waals surface area (Å²) in [6.45, 7) is 8.79. The van der Waals surface area contributed by atoms with Crippen molar-refractivity contribution >= 4 is 130 Å². The Hall–Kier alpha value is -3.24. The lowest BCUT2D eigenvalue weighted by Gasteiger charge is -2.14. The molecule has 44 heavy (non-hydrogen) atoms. The zero-order valence-electron chi connectivity index (χ0n) is 24.1. The minimum atomic E-state index is 1.10. The molecule has 0 spiro atoms. The van der Waals surface area contributed by atoms with E-state index in [4.69, 9.17) is 9.97 Å². The molecule has 0 saturated heterocycles. The summed E-state index contributed by atoms with van der Waals surface area (Å²) >= 11 is 11.1. The van der Waals surface area contributed by atoms with Crippen LogP contribution in [-0.4, -0.2) is 9.97 Å². The largest absolute Gasteiger partial charge is 0.234 e. The maximum atomic E-state index is 5.41. The number of nitrogens with zero attached hydrogens (tertiary/aromatic N) is 2. The number of aromatic nitrogens is 2. The van der Waals surface area contributed by atoms with Gasteiger partial charge in [-0.2, -0.15) is 0 Å². The summed E-state index contributed by atoms with van der Waals surface area (Å²) in [6.07, 6.45) is 0. The van der Waals surface area contributed by atoms with E-state index in [0.717, 1.165) is 21.0 Å². The van der Waals surface area contributed by atoms with Gasteiger partial charge in [0.05, 0.1) is 30.2 Å². The second-order valence-electron chi connectivity index (χ2n) is 11.6. The molecule has 0 saturated carbocycles. The zero-order chi connectivity index (χ0) is 29.4. The van der Waals surface area contributed by atoms with E-state index in [1.54, 1.807) is 0 Å². The molecule has 0 atom stereocenters. The molecule has 8 heteroatoms. The molecule has 4 aromatic carbocycles. The van der Waals surface area contributed by atoms with Crippen LogP contribution < -0.4 is 0 Å². The van der Waals surface area contributed by atoms with Crippen molar-refractivity contribution in [2.45, 2.75) is 27.7 Å². The summed E-state index contributed by atoms with van der Waals surface area (Å²) in [5, 5.41) is 10.00. The average Bonchev–Trinajstić information content (AvgIpc) is 3.81. The smallest absolute Gasteiger partial charge is 0.134 e. The van der Waals surface area contributed by atoms with Crippen LogP contribution in [0.4, 0.5) is 0 Å². The van der Waals surface area contributed by atoms with E-state index in [-0.39, 0.29) is 0 Å². The Morgan fingerprint density at radius 3 is 1.57 bits per heavy atom. The minimum absolute atomic E-state index is 1.10. The van der Waals surface area contributed by atoms with Crippen molar-refractivity contribution in [3.63, 3.8) is 0 Å². The van der Waals surface area contributed by atoms with Gasteiger partial charge in [0.1, 0.15) is 10.0 Å². The lowest BCUT2D eigenvalue weighted by molar-refractivity contribution is 1.49. The van der Waals surface area contributed by atoms with Gasteiger partial charge in [0.15, 0.2) is 0 Å². The van der Waals surface area contributed by atoms with Gasteiger partial charge >= 0.3 is 0 Å². The highest BCUT2D eigenvalue weighted by atomic mass is 32.1. The van der Waals surface area contributed by atoms with E-state index in [0.29, 0.717) is 0 Å². The van der Waals surface area contributed by atoms with Gasteiger partial charge in [-0.3, -0.25) is 0 Å². The Morgan fingerprint density at radius 2 is 0.977 bits per heavy atom. The van der Waals surface area contributed by atoms with Gasteiger partial charge in [0.2, 0.25) is 0 Å². The molecule has 0 N–H and O–H groups in total. The highest BCUT2D eigenvalue weighted by Gasteiger charge is 2.24. The van der Waals surface area contributed by atoms with Crippen LogP contribution in [0.1, 0.15) is 20.9 Å². The lowest BCUT2D eigenvalue weighted by atomic mass is 9.90. The predicted molar refractivity (Wildman–Crippen MR) is 201 cm³/mol. The number of hydrogen-bond acceptors (Lipinski definition) is 8. The minimum Gasteiger partial charge on any atom is -0.234 e. The van der Waals surface area contributed by atoms with E-state index in [2.05, 4.69) is 88.4 Å². The molecule has 0 radical (unpaired) electrons. The van der Waals surface area contributed by atoms with Gasteiger partial charge < -0.3 is 0 Å². The predicted octanol–water partition coefficient (Wildman–Crippen LogP) is 13.4. The van der Waals surface area contributed by atoms with Crippen molar-refractivity contribution in [1.29, 1.82) is 0 Å². The molecule has 212 valence electrons. The maximum Gasteiger partial charge on any atom is 0.134 e. The summed E-state index contributed by atoms with van der Waals surface area (Å²) < 4.78 is 5.33. The van der Waals surface area contributed by atoms with Crippen LogP contribution >= 0.6 is 68.0 Å². The van der Waals surface area contributed by atoms with Crippen molar-refractivity contribution in [3.8, 4) is 29.5 Å². The van der Waals surface area contributed by atoms with Gasteiger partial charge in [-0.1, -0.05) is 0 Å². The molecule has 0 amide bonds. The molecular weight excluding hydrogens is 653 g/mol. The number of thiazole rings is 2. The fraction of sp³-hybridized carbons (Fsp3) is 0.111. The SMILES string of the molecule is Cc1cc2c3nc(-c4ccc(C)s4)sc3c3cc(C)cc4c5nc(-c6ccc(-c7cc8sc(C)cc8s7)s6)sc5c(c1)c2c43. The Labute approximate surface area is 276 Å². The molecule has 0 aliphatic rings. The molecule has 10 rings (SSSR count). The van der Waals surface area contributed by atoms with Crippen LogP contribution in [0.15, 0.2) is 60.7 Å². The maximum absolute atomic E-state index is 5.41. The van der Waals surface area contributed by atoms with Gasteiger partial charge in [-0.05, 0) is 99.5 Å². The summed E-state index contributed by atoms with van der Waals surface area (Å²) in [7, 11) is 0. The highest BCUT2D eigenvalue weighted by molar-refractivity contribution is 7.32. The molecule has 6 aromatic heterocycles. The van der Waals surface area contributed by atoms with Crippen molar-refractivity contribution in [1.82, 2.24) is 9.97 Å². The monoisotopic (exact) mass is 674 g/mol. The second kappa shape index (κ2) is 9.16. The molecular formula is C36H22N2S6. The summed E-state index contributed by atoms with van der Waals surface area (Å²) in [6, 6.07) is 23.1. The standard InChI is InChI=1S/C36H22N2S6/c1-15-9-19-29-22(12-15)34-32(38-36(44-34)25-8-7-23(41-25)27-14-28-26(42-27)13-18(4)40-28)20-10-16(2)11-21(30(20)29)33-31(19)37-35(43-33)24-6-5-17(3)39-24/h5-14H,1-4H3. The number of benzene rings is 4. The first-order valence-corrected chi connectivity index (χ1v) is 19.3. The van der Waals surface area contributed by atoms with Crippen LogP contribution in [0.5, 0.6) is 0 Å². The van der Waals surface area contributed by atoms with E-state index < -0.39 is 0 Å². The normalized spacial score (nSPS) is 12.5. The lowest BCUT2D eigenvalue weighted by Crippen LogP contribution is -1.90. The number of hydrogen-bond donors (Lipinski definition) is 0. The molecule has 0 fully saturated rings. The highest BCUT2D eigenvalue weighted by Crippen LogP contribution is 2.51. The van der Waals surface area contributed by atoms with Crippen LogP contribution in [0, 0.1) is 27.7 Å². The molecule has 0 unspecified atom stereocenters. The number of aryl methyl sites for hydroxylation is 4. The van der Waals surface area contributed by atoms with E-state index in [1.165, 1.54) is 91.5 Å². The molecule has 0 bridgehead atoms. The third kappa shape index (κ3) is 3.67. The number of rotatable bonds is 3. The molecule has 6 heterocycles. The van der Waals surface area contributed by atoms with E-state index in [1.807, 2.05) is 68.0 Å². The van der Waals surface area contributed by atoms with Crippen LogP contribution in [0.2, 0.25) is 0 Å². The first-order chi connectivity index (χ1) is 21.4. The topological polar surface area (TPSA) is 25.8 Å². The van der Waals surface area contributed by atoms with Gasteiger partial charge in [0, 0.05) is 61.2 Å². The Balaban J connectivity index is 1.24. The summed E-state index contributed by atoms with van der Waals surface area (Å²) in [5.41, 5.74) is 4.77. The first kappa shape index (κ1) is 26.0. The first-order valence-electron chi connectivity index (χ1n) is 14.4. The van der Waals surface area contributed by atoms with Crippen molar-refractivity contribution in [2.75, 3.05) is 0 Å². The van der Waals surface area contributed by atoms with Gasteiger partial charge in [-0.15, -0.1) is 68.0 Å². The Kier molecular flexibility index (Phi) is 5.42. The fourth-order valence-corrected chi connectivity index (χ4v) is 13.2. The molecule has 0 aliphatic carbocycles. The average molecular weight is 675 g/mol. The summed E-state index contributed by atoms with van der Waals surface area (Å²) in [5.74, 6) is 0. The van der Waals surface area contributed by atoms with Crippen molar-refractivity contribution < 1.29 is 0 Å². The quantitative estimate of drug-likeness (QED) is 0.174. The van der Waals surface area contributed by atoms with Gasteiger partial charge in [-0.25, -0.2) is 9.97 Å². The Morgan fingerprint density at radius 1 is 0.432 bits per heavy atom.